The maximum atomic E-state index is 11.5. The van der Waals surface area contributed by atoms with E-state index in [4.69, 9.17) is 0 Å². The Morgan fingerprint density at radius 3 is 2.83 bits per heavy atom. The van der Waals surface area contributed by atoms with Gasteiger partial charge in [-0.05, 0) is 31.5 Å². The zero-order valence-electron chi connectivity index (χ0n) is 10.8. The first-order valence-electron chi connectivity index (χ1n) is 5.81. The number of hydrogen-bond acceptors (Lipinski definition) is 3. The van der Waals surface area contributed by atoms with Crippen LogP contribution in [0.4, 0.5) is 0 Å². The van der Waals surface area contributed by atoms with E-state index in [1.807, 2.05) is 42.0 Å². The number of ether oxygens (including phenoxy) is 1. The largest absolute Gasteiger partial charge is 0.467 e. The Bertz CT molecular complexity index is 584. The normalized spacial score (nSPS) is 14.4. The number of carbonyl (C=O) groups is 1. The van der Waals surface area contributed by atoms with Gasteiger partial charge in [-0.15, -0.1) is 0 Å². The van der Waals surface area contributed by atoms with Gasteiger partial charge in [0.1, 0.15) is 0 Å². The molecule has 1 aromatic carbocycles. The second kappa shape index (κ2) is 4.46. The van der Waals surface area contributed by atoms with Gasteiger partial charge in [-0.25, -0.2) is 4.79 Å². The molecule has 96 valence electrons. The standard InChI is InChI=1S/C14H17NO3/c1-10-5-4-6-12-11(10)7-8-15(12)9-14(2,17)13(16)18-3/h4-8,17H,9H2,1-3H3. The summed E-state index contributed by atoms with van der Waals surface area (Å²) in [5.41, 5.74) is 0.646. The number of methoxy groups -OCH3 is 1. The second-order valence-corrected chi connectivity index (χ2v) is 4.72. The van der Waals surface area contributed by atoms with Gasteiger partial charge in [0.2, 0.25) is 0 Å². The van der Waals surface area contributed by atoms with Crippen LogP contribution in [0.2, 0.25) is 0 Å². The number of aromatic nitrogens is 1. The summed E-state index contributed by atoms with van der Waals surface area (Å²) >= 11 is 0. The van der Waals surface area contributed by atoms with Crippen molar-refractivity contribution in [2.45, 2.75) is 26.0 Å². The molecule has 0 aliphatic rings. The fraction of sp³-hybridized carbons (Fsp3) is 0.357. The molecule has 0 amide bonds. The molecular weight excluding hydrogens is 230 g/mol. The van der Waals surface area contributed by atoms with Gasteiger partial charge in [0.05, 0.1) is 13.7 Å². The van der Waals surface area contributed by atoms with E-state index in [1.165, 1.54) is 19.6 Å². The number of fused-ring (bicyclic) bond motifs is 1. The van der Waals surface area contributed by atoms with E-state index in [0.717, 1.165) is 10.9 Å². The van der Waals surface area contributed by atoms with E-state index < -0.39 is 11.6 Å². The third kappa shape index (κ3) is 2.11. The van der Waals surface area contributed by atoms with Crippen LogP contribution in [-0.4, -0.2) is 28.4 Å². The number of carbonyl (C=O) groups excluding carboxylic acids is 1. The van der Waals surface area contributed by atoms with Crippen molar-refractivity contribution >= 4 is 16.9 Å². The van der Waals surface area contributed by atoms with E-state index >= 15 is 0 Å². The number of hydrogen-bond donors (Lipinski definition) is 1. The van der Waals surface area contributed by atoms with Crippen molar-refractivity contribution in [3.63, 3.8) is 0 Å². The lowest BCUT2D eigenvalue weighted by Crippen LogP contribution is -2.40. The monoisotopic (exact) mass is 247 g/mol. The smallest absolute Gasteiger partial charge is 0.339 e. The fourth-order valence-corrected chi connectivity index (χ4v) is 2.13. The molecule has 1 unspecified atom stereocenters. The first-order valence-corrected chi connectivity index (χ1v) is 5.81. The van der Waals surface area contributed by atoms with Crippen molar-refractivity contribution in [1.82, 2.24) is 4.57 Å². The van der Waals surface area contributed by atoms with E-state index in [2.05, 4.69) is 4.74 Å². The first kappa shape index (κ1) is 12.6. The molecule has 0 bridgehead atoms. The van der Waals surface area contributed by atoms with E-state index in [1.54, 1.807) is 0 Å². The van der Waals surface area contributed by atoms with Crippen LogP contribution in [0.5, 0.6) is 0 Å². The van der Waals surface area contributed by atoms with Gasteiger partial charge < -0.3 is 14.4 Å². The van der Waals surface area contributed by atoms with Crippen molar-refractivity contribution in [3.8, 4) is 0 Å². The Balaban J connectivity index is 2.39. The highest BCUT2D eigenvalue weighted by Crippen LogP contribution is 2.21. The molecule has 0 saturated heterocycles. The molecule has 0 aliphatic heterocycles. The average Bonchev–Trinajstić information content (AvgIpc) is 2.72. The summed E-state index contributed by atoms with van der Waals surface area (Å²) in [5, 5.41) is 11.2. The Hall–Kier alpha value is -1.81. The average molecular weight is 247 g/mol. The van der Waals surface area contributed by atoms with Crippen LogP contribution < -0.4 is 0 Å². The summed E-state index contributed by atoms with van der Waals surface area (Å²) < 4.78 is 6.46. The summed E-state index contributed by atoms with van der Waals surface area (Å²) in [5.74, 6) is -0.628. The van der Waals surface area contributed by atoms with Crippen LogP contribution in [0.25, 0.3) is 10.9 Å². The quantitative estimate of drug-likeness (QED) is 0.842. The number of rotatable bonds is 3. The minimum Gasteiger partial charge on any atom is -0.467 e. The molecule has 0 aliphatic carbocycles. The molecule has 1 N–H and O–H groups in total. The molecule has 18 heavy (non-hydrogen) atoms. The van der Waals surface area contributed by atoms with Crippen LogP contribution in [0.15, 0.2) is 30.5 Å². The third-order valence-electron chi connectivity index (χ3n) is 3.14. The number of nitrogens with zero attached hydrogens (tertiary/aromatic N) is 1. The highest BCUT2D eigenvalue weighted by atomic mass is 16.5. The Labute approximate surface area is 106 Å². The fourth-order valence-electron chi connectivity index (χ4n) is 2.13. The predicted molar refractivity (Wildman–Crippen MR) is 69.3 cm³/mol. The molecule has 0 radical (unpaired) electrons. The van der Waals surface area contributed by atoms with Crippen LogP contribution in [0, 0.1) is 6.92 Å². The van der Waals surface area contributed by atoms with Gasteiger partial charge in [0.15, 0.2) is 5.60 Å². The molecule has 2 aromatic rings. The van der Waals surface area contributed by atoms with Crippen LogP contribution >= 0.6 is 0 Å². The van der Waals surface area contributed by atoms with Crippen LogP contribution in [0.1, 0.15) is 12.5 Å². The van der Waals surface area contributed by atoms with Crippen molar-refractivity contribution in [1.29, 1.82) is 0 Å². The Morgan fingerprint density at radius 1 is 1.44 bits per heavy atom. The molecule has 4 nitrogen and oxygen atoms in total. The van der Waals surface area contributed by atoms with E-state index in [0.29, 0.717) is 0 Å². The van der Waals surface area contributed by atoms with Crippen molar-refractivity contribution in [2.24, 2.45) is 0 Å². The molecule has 1 aromatic heterocycles. The Morgan fingerprint density at radius 2 is 2.17 bits per heavy atom. The SMILES string of the molecule is COC(=O)C(C)(O)Cn1ccc2c(C)cccc21. The molecule has 0 saturated carbocycles. The Kier molecular flexibility index (Phi) is 3.13. The highest BCUT2D eigenvalue weighted by molar-refractivity contribution is 5.84. The summed E-state index contributed by atoms with van der Waals surface area (Å²) in [7, 11) is 1.27. The van der Waals surface area contributed by atoms with Gasteiger partial charge in [-0.2, -0.15) is 0 Å². The molecule has 0 spiro atoms. The van der Waals surface area contributed by atoms with Crippen LogP contribution in [0.3, 0.4) is 0 Å². The molecule has 1 atom stereocenters. The van der Waals surface area contributed by atoms with Gasteiger partial charge in [-0.1, -0.05) is 12.1 Å². The summed E-state index contributed by atoms with van der Waals surface area (Å²) in [6.07, 6.45) is 1.87. The summed E-state index contributed by atoms with van der Waals surface area (Å²) in [6.45, 7) is 3.66. The second-order valence-electron chi connectivity index (χ2n) is 4.72. The highest BCUT2D eigenvalue weighted by Gasteiger charge is 2.32. The lowest BCUT2D eigenvalue weighted by Gasteiger charge is -2.21. The van der Waals surface area contributed by atoms with Crippen molar-refractivity contribution < 1.29 is 14.6 Å². The number of esters is 1. The van der Waals surface area contributed by atoms with E-state index in [-0.39, 0.29) is 6.54 Å². The molecule has 0 fully saturated rings. The minimum atomic E-state index is -1.52. The van der Waals surface area contributed by atoms with Gasteiger partial charge in [-0.3, -0.25) is 0 Å². The maximum Gasteiger partial charge on any atom is 0.339 e. The van der Waals surface area contributed by atoms with Crippen LogP contribution in [-0.2, 0) is 16.1 Å². The predicted octanol–water partition coefficient (Wildman–Crippen LogP) is 1.87. The summed E-state index contributed by atoms with van der Waals surface area (Å²) in [6, 6.07) is 7.94. The number of benzene rings is 1. The van der Waals surface area contributed by atoms with E-state index in [9.17, 15) is 9.90 Å². The zero-order valence-corrected chi connectivity index (χ0v) is 10.8. The molecule has 2 rings (SSSR count). The third-order valence-corrected chi connectivity index (χ3v) is 3.14. The minimum absolute atomic E-state index is 0.173. The number of aryl methyl sites for hydroxylation is 1. The number of aliphatic hydroxyl groups is 1. The zero-order chi connectivity index (χ0) is 13.3. The maximum absolute atomic E-state index is 11.5. The molecule has 1 heterocycles. The topological polar surface area (TPSA) is 51.5 Å². The summed E-state index contributed by atoms with van der Waals surface area (Å²) in [4.78, 5) is 11.5. The lowest BCUT2D eigenvalue weighted by atomic mass is 10.1. The van der Waals surface area contributed by atoms with Crippen molar-refractivity contribution in [2.75, 3.05) is 7.11 Å². The molecular formula is C14H17NO3. The lowest BCUT2D eigenvalue weighted by molar-refractivity contribution is -0.161. The van der Waals surface area contributed by atoms with Gasteiger partial charge in [0, 0.05) is 17.1 Å². The van der Waals surface area contributed by atoms with Gasteiger partial charge in [0.25, 0.3) is 0 Å². The van der Waals surface area contributed by atoms with Gasteiger partial charge >= 0.3 is 5.97 Å². The molecule has 4 heteroatoms. The van der Waals surface area contributed by atoms with Crippen molar-refractivity contribution in [3.05, 3.63) is 36.0 Å². The first-order chi connectivity index (χ1) is 8.45.